The van der Waals surface area contributed by atoms with Crippen LogP contribution in [0.15, 0.2) is 47.5 Å². The van der Waals surface area contributed by atoms with Crippen LogP contribution in [0, 0.1) is 5.92 Å². The molecule has 2 aromatic heterocycles. The summed E-state index contributed by atoms with van der Waals surface area (Å²) in [6, 6.07) is 11.4. The fraction of sp³-hybridized carbons (Fsp3) is 0.385. The molecule has 0 bridgehead atoms. The molecule has 192 valence electrons. The minimum absolute atomic E-state index is 0.00356. The van der Waals surface area contributed by atoms with Crippen LogP contribution >= 0.6 is 11.8 Å². The molecule has 2 saturated heterocycles. The fourth-order valence-electron chi connectivity index (χ4n) is 5.22. The molecule has 3 atom stereocenters. The van der Waals surface area contributed by atoms with Crippen LogP contribution in [0.1, 0.15) is 18.0 Å². The van der Waals surface area contributed by atoms with Crippen molar-refractivity contribution < 1.29 is 19.1 Å². The molecule has 37 heavy (non-hydrogen) atoms. The number of pyridine rings is 2. The Balaban J connectivity index is 1.21. The topological polar surface area (TPSA) is 118 Å². The number of rotatable bonds is 7. The number of hydrogen-bond acceptors (Lipinski definition) is 9. The number of cyclic esters (lactones) is 1. The van der Waals surface area contributed by atoms with Crippen LogP contribution in [0.25, 0.3) is 11.0 Å². The van der Waals surface area contributed by atoms with Gasteiger partial charge >= 0.3 is 6.09 Å². The van der Waals surface area contributed by atoms with Gasteiger partial charge in [-0.25, -0.2) is 9.78 Å². The number of thioether (sulfide) groups is 1. The lowest BCUT2D eigenvalue weighted by Gasteiger charge is -2.26. The zero-order valence-electron chi connectivity index (χ0n) is 20.4. The molecular weight excluding hydrogens is 492 g/mol. The van der Waals surface area contributed by atoms with Gasteiger partial charge in [0, 0.05) is 35.4 Å². The van der Waals surface area contributed by atoms with Crippen molar-refractivity contribution in [2.45, 2.75) is 23.5 Å². The number of carbonyl (C=O) groups is 2. The van der Waals surface area contributed by atoms with Crippen molar-refractivity contribution in [3.63, 3.8) is 0 Å². The Labute approximate surface area is 218 Å². The summed E-state index contributed by atoms with van der Waals surface area (Å²) in [7, 11) is 1.61. The number of anilines is 2. The van der Waals surface area contributed by atoms with Gasteiger partial charge in [-0.2, -0.15) is 0 Å². The molecule has 2 fully saturated rings. The van der Waals surface area contributed by atoms with Crippen LogP contribution in [-0.4, -0.2) is 67.1 Å². The third kappa shape index (κ3) is 4.81. The van der Waals surface area contributed by atoms with Gasteiger partial charge in [0.15, 0.2) is 0 Å². The summed E-state index contributed by atoms with van der Waals surface area (Å²) in [5.41, 5.74) is 4.12. The van der Waals surface area contributed by atoms with Gasteiger partial charge in [-0.05, 0) is 61.3 Å². The van der Waals surface area contributed by atoms with Gasteiger partial charge in [0.05, 0.1) is 36.1 Å². The van der Waals surface area contributed by atoms with Crippen molar-refractivity contribution in [1.82, 2.24) is 20.6 Å². The highest BCUT2D eigenvalue weighted by molar-refractivity contribution is 8.00. The zero-order valence-corrected chi connectivity index (χ0v) is 21.2. The fourth-order valence-corrected chi connectivity index (χ4v) is 6.01. The number of benzene rings is 1. The van der Waals surface area contributed by atoms with E-state index in [0.29, 0.717) is 36.3 Å². The van der Waals surface area contributed by atoms with Crippen molar-refractivity contribution in [3.05, 3.63) is 48.2 Å². The van der Waals surface area contributed by atoms with E-state index in [0.717, 1.165) is 46.7 Å². The van der Waals surface area contributed by atoms with Crippen LogP contribution in [0.5, 0.6) is 5.88 Å². The molecule has 6 rings (SSSR count). The number of hydrogen-bond donors (Lipinski definition) is 3. The van der Waals surface area contributed by atoms with Crippen LogP contribution in [0.2, 0.25) is 0 Å². The summed E-state index contributed by atoms with van der Waals surface area (Å²) < 4.78 is 11.1. The molecule has 1 aromatic carbocycles. The number of amides is 2. The second-order valence-corrected chi connectivity index (χ2v) is 10.4. The van der Waals surface area contributed by atoms with E-state index in [4.69, 9.17) is 14.5 Å². The number of fused-ring (bicyclic) bond motifs is 2. The van der Waals surface area contributed by atoms with Crippen molar-refractivity contribution in [2.24, 2.45) is 5.92 Å². The summed E-state index contributed by atoms with van der Waals surface area (Å²) in [5, 5.41) is 10.0. The van der Waals surface area contributed by atoms with Crippen molar-refractivity contribution in [2.75, 3.05) is 49.3 Å². The smallest absolute Gasteiger partial charge is 0.414 e. The van der Waals surface area contributed by atoms with Gasteiger partial charge in [-0.1, -0.05) is 0 Å². The number of nitrogens with zero attached hydrogens (tertiary/aromatic N) is 3. The first kappa shape index (κ1) is 24.0. The first-order valence-corrected chi connectivity index (χ1v) is 13.4. The largest absolute Gasteiger partial charge is 0.481 e. The molecule has 0 spiro atoms. The molecule has 3 aliphatic rings. The highest BCUT2D eigenvalue weighted by atomic mass is 32.2. The van der Waals surface area contributed by atoms with E-state index in [1.165, 1.54) is 11.8 Å². The Morgan fingerprint density at radius 2 is 2.19 bits per heavy atom. The predicted octanol–water partition coefficient (Wildman–Crippen LogP) is 2.95. The lowest BCUT2D eigenvalue weighted by molar-refractivity contribution is -0.113. The van der Waals surface area contributed by atoms with Gasteiger partial charge < -0.3 is 25.4 Å². The molecule has 5 heterocycles. The summed E-state index contributed by atoms with van der Waals surface area (Å²) in [6.07, 6.45) is 2.13. The van der Waals surface area contributed by atoms with E-state index in [2.05, 4.69) is 20.9 Å². The van der Waals surface area contributed by atoms with E-state index in [1.54, 1.807) is 12.0 Å². The van der Waals surface area contributed by atoms with E-state index in [-0.39, 0.29) is 24.1 Å². The zero-order chi connectivity index (χ0) is 25.4. The van der Waals surface area contributed by atoms with Gasteiger partial charge in [-0.3, -0.25) is 14.7 Å². The first-order chi connectivity index (χ1) is 18.1. The van der Waals surface area contributed by atoms with Crippen molar-refractivity contribution in [1.29, 1.82) is 0 Å². The van der Waals surface area contributed by atoms with E-state index in [9.17, 15) is 9.59 Å². The molecule has 0 aliphatic carbocycles. The van der Waals surface area contributed by atoms with E-state index in [1.807, 2.05) is 42.6 Å². The van der Waals surface area contributed by atoms with E-state index >= 15 is 0 Å². The SMILES string of the molecule is COc1ccc2nccc([C@H](NCC3CN(c4ccc5c(c4)NC(=O)CS5)C(=O)O3)C3CCNC3)c2n1. The number of aromatic nitrogens is 2. The van der Waals surface area contributed by atoms with Crippen LogP contribution in [0.3, 0.4) is 0 Å². The van der Waals surface area contributed by atoms with Gasteiger partial charge in [0.25, 0.3) is 0 Å². The molecule has 2 amide bonds. The molecule has 2 unspecified atom stereocenters. The van der Waals surface area contributed by atoms with Crippen molar-refractivity contribution >= 4 is 46.2 Å². The lowest BCUT2D eigenvalue weighted by Crippen LogP contribution is -2.37. The normalized spacial score (nSPS) is 22.0. The van der Waals surface area contributed by atoms with Crippen LogP contribution in [0.4, 0.5) is 16.2 Å². The summed E-state index contributed by atoms with van der Waals surface area (Å²) in [4.78, 5) is 36.4. The number of ether oxygens (including phenoxy) is 2. The highest BCUT2D eigenvalue weighted by Gasteiger charge is 2.35. The lowest BCUT2D eigenvalue weighted by atomic mass is 9.91. The Morgan fingerprint density at radius 1 is 1.27 bits per heavy atom. The van der Waals surface area contributed by atoms with Gasteiger partial charge in [0.1, 0.15) is 6.10 Å². The number of nitrogens with one attached hydrogen (secondary N) is 3. The first-order valence-electron chi connectivity index (χ1n) is 12.4. The molecule has 3 N–H and O–H groups in total. The molecule has 11 heteroatoms. The van der Waals surface area contributed by atoms with E-state index < -0.39 is 0 Å². The average Bonchev–Trinajstić information content (AvgIpc) is 3.58. The Bertz CT molecular complexity index is 1350. The van der Waals surface area contributed by atoms with Gasteiger partial charge in [-0.15, -0.1) is 11.8 Å². The van der Waals surface area contributed by atoms with Gasteiger partial charge in [0.2, 0.25) is 11.8 Å². The number of carbonyl (C=O) groups excluding carboxylic acids is 2. The quantitative estimate of drug-likeness (QED) is 0.432. The average molecular weight is 521 g/mol. The molecule has 3 aliphatic heterocycles. The molecule has 10 nitrogen and oxygen atoms in total. The standard InChI is InChI=1S/C26H28N6O4S/c1-35-23-5-3-19-25(31-23)18(7-9-28-19)24(15-6-8-27-11-15)29-12-17-13-32(26(34)36-17)16-2-4-21-20(10-16)30-22(33)14-37-21/h2-5,7,9-10,15,17,24,27,29H,6,8,11-14H2,1H3,(H,30,33)/t15?,17?,24-/m1/s1. The summed E-state index contributed by atoms with van der Waals surface area (Å²) >= 11 is 1.49. The predicted molar refractivity (Wildman–Crippen MR) is 141 cm³/mol. The highest BCUT2D eigenvalue weighted by Crippen LogP contribution is 2.36. The maximum Gasteiger partial charge on any atom is 0.414 e. The Hall–Kier alpha value is -3.41. The molecule has 3 aromatic rings. The monoisotopic (exact) mass is 520 g/mol. The maximum atomic E-state index is 12.8. The molecule has 0 saturated carbocycles. The second-order valence-electron chi connectivity index (χ2n) is 9.39. The Morgan fingerprint density at radius 3 is 3.03 bits per heavy atom. The summed E-state index contributed by atoms with van der Waals surface area (Å²) in [6.45, 7) is 2.77. The van der Waals surface area contributed by atoms with Crippen LogP contribution in [-0.2, 0) is 9.53 Å². The Kier molecular flexibility index (Phi) is 6.58. The van der Waals surface area contributed by atoms with Crippen LogP contribution < -0.4 is 25.6 Å². The summed E-state index contributed by atoms with van der Waals surface area (Å²) in [5.74, 6) is 1.26. The molecule has 0 radical (unpaired) electrons. The third-order valence-corrected chi connectivity index (χ3v) is 8.12. The minimum atomic E-state index is -0.388. The third-order valence-electron chi connectivity index (χ3n) is 7.05. The second kappa shape index (κ2) is 10.2. The maximum absolute atomic E-state index is 12.8. The minimum Gasteiger partial charge on any atom is -0.481 e. The molecular formula is C26H28N6O4S. The number of methoxy groups -OCH3 is 1. The van der Waals surface area contributed by atoms with Crippen molar-refractivity contribution in [3.8, 4) is 5.88 Å².